The summed E-state index contributed by atoms with van der Waals surface area (Å²) in [5, 5.41) is 0. The molecule has 1 saturated carbocycles. The Balaban J connectivity index is 1.99. The molecule has 2 rings (SSSR count). The Morgan fingerprint density at radius 3 is 2.40 bits per heavy atom. The number of benzene rings is 1. The van der Waals surface area contributed by atoms with E-state index < -0.39 is 8.07 Å². The van der Waals surface area contributed by atoms with Gasteiger partial charge < -0.3 is 4.74 Å². The molecule has 1 aliphatic carbocycles. The van der Waals surface area contributed by atoms with Crippen molar-refractivity contribution in [2.45, 2.75) is 72.3 Å². The molecule has 1 fully saturated rings. The van der Waals surface area contributed by atoms with Crippen molar-refractivity contribution in [3.05, 3.63) is 35.9 Å². The van der Waals surface area contributed by atoms with E-state index >= 15 is 0 Å². The van der Waals surface area contributed by atoms with E-state index in [0.29, 0.717) is 6.10 Å². The van der Waals surface area contributed by atoms with E-state index in [0.717, 1.165) is 31.0 Å². The molecular formula is C22H39NOSi. The zero-order valence-corrected chi connectivity index (χ0v) is 18.3. The monoisotopic (exact) mass is 361 g/mol. The highest BCUT2D eigenvalue weighted by Gasteiger charge is 2.32. The minimum Gasteiger partial charge on any atom is -0.363 e. The van der Waals surface area contributed by atoms with Gasteiger partial charge in [-0.25, -0.2) is 0 Å². The van der Waals surface area contributed by atoms with Gasteiger partial charge >= 0.3 is 0 Å². The van der Waals surface area contributed by atoms with Gasteiger partial charge in [0, 0.05) is 6.54 Å². The van der Waals surface area contributed by atoms with E-state index in [1.165, 1.54) is 31.0 Å². The predicted molar refractivity (Wildman–Crippen MR) is 111 cm³/mol. The average molecular weight is 362 g/mol. The van der Waals surface area contributed by atoms with E-state index in [9.17, 15) is 0 Å². The van der Waals surface area contributed by atoms with Crippen LogP contribution >= 0.6 is 0 Å². The summed E-state index contributed by atoms with van der Waals surface area (Å²) in [5.74, 6) is 2.25. The molecule has 0 radical (unpaired) electrons. The van der Waals surface area contributed by atoms with Crippen LogP contribution in [0.2, 0.25) is 19.6 Å². The second-order valence-corrected chi connectivity index (χ2v) is 15.1. The van der Waals surface area contributed by atoms with E-state index in [1.54, 1.807) is 0 Å². The van der Waals surface area contributed by atoms with Gasteiger partial charge in [-0.15, -0.1) is 0 Å². The maximum atomic E-state index is 6.56. The molecule has 25 heavy (non-hydrogen) atoms. The molecule has 0 amide bonds. The summed E-state index contributed by atoms with van der Waals surface area (Å²) in [4.78, 5) is 2.54. The molecule has 0 aromatic heterocycles. The van der Waals surface area contributed by atoms with Crippen LogP contribution in [0, 0.1) is 17.8 Å². The quantitative estimate of drug-likeness (QED) is 0.428. The molecule has 1 aromatic carbocycles. The lowest BCUT2D eigenvalue weighted by Gasteiger charge is -2.39. The zero-order chi connectivity index (χ0) is 18.4. The summed E-state index contributed by atoms with van der Waals surface area (Å²) >= 11 is 0. The Labute approximate surface area is 157 Å². The summed E-state index contributed by atoms with van der Waals surface area (Å²) in [7, 11) is -1.17. The van der Waals surface area contributed by atoms with Crippen LogP contribution in [0.25, 0.3) is 0 Å². The molecular weight excluding hydrogens is 322 g/mol. The number of hydrogen-bond acceptors (Lipinski definition) is 2. The molecule has 1 aliphatic rings. The average Bonchev–Trinajstić information content (AvgIpc) is 2.52. The van der Waals surface area contributed by atoms with Crippen molar-refractivity contribution in [3.8, 4) is 0 Å². The van der Waals surface area contributed by atoms with Crippen LogP contribution < -0.4 is 0 Å². The number of hydrogen-bond donors (Lipinski definition) is 0. The zero-order valence-electron chi connectivity index (χ0n) is 17.3. The number of ether oxygens (including phenoxy) is 1. The highest BCUT2D eigenvalue weighted by Crippen LogP contribution is 2.35. The summed E-state index contributed by atoms with van der Waals surface area (Å²) in [6.45, 7) is 16.2. The molecule has 0 N–H and O–H groups in total. The molecule has 3 heteroatoms. The molecule has 142 valence electrons. The highest BCUT2D eigenvalue weighted by molar-refractivity contribution is 6.76. The standard InChI is InChI=1S/C22H39NOSi/c1-18(2)21-13-12-19(3)14-22(21)24-16-23(17-25(4,5)6)15-20-10-8-7-9-11-20/h7-11,18-19,21-22H,12-17H2,1-6H3/t19-,21+,22-/m1/s1. The summed E-state index contributed by atoms with van der Waals surface area (Å²) in [5.41, 5.74) is 1.39. The Morgan fingerprint density at radius 2 is 1.80 bits per heavy atom. The van der Waals surface area contributed by atoms with Crippen LogP contribution in [0.15, 0.2) is 30.3 Å². The lowest BCUT2D eigenvalue weighted by atomic mass is 9.75. The van der Waals surface area contributed by atoms with Crippen molar-refractivity contribution in [2.24, 2.45) is 17.8 Å². The van der Waals surface area contributed by atoms with Crippen LogP contribution in [0.1, 0.15) is 45.6 Å². The van der Waals surface area contributed by atoms with Crippen LogP contribution in [-0.2, 0) is 11.3 Å². The van der Waals surface area contributed by atoms with Gasteiger partial charge in [0.25, 0.3) is 0 Å². The topological polar surface area (TPSA) is 12.5 Å². The Morgan fingerprint density at radius 1 is 1.12 bits per heavy atom. The molecule has 1 aromatic rings. The van der Waals surface area contributed by atoms with Gasteiger partial charge in [0.2, 0.25) is 0 Å². The van der Waals surface area contributed by atoms with E-state index in [2.05, 4.69) is 75.6 Å². The molecule has 0 aliphatic heterocycles. The first-order chi connectivity index (χ1) is 11.7. The molecule has 0 spiro atoms. The number of nitrogens with zero attached hydrogens (tertiary/aromatic N) is 1. The van der Waals surface area contributed by atoms with Crippen LogP contribution in [-0.4, -0.2) is 32.0 Å². The van der Waals surface area contributed by atoms with Gasteiger partial charge in [0.1, 0.15) is 0 Å². The maximum Gasteiger partial charge on any atom is 0.0994 e. The van der Waals surface area contributed by atoms with Crippen molar-refractivity contribution in [3.63, 3.8) is 0 Å². The van der Waals surface area contributed by atoms with Crippen LogP contribution in [0.4, 0.5) is 0 Å². The maximum absolute atomic E-state index is 6.56. The Hall–Kier alpha value is -0.643. The van der Waals surface area contributed by atoms with E-state index in [-0.39, 0.29) is 0 Å². The molecule has 2 nitrogen and oxygen atoms in total. The summed E-state index contributed by atoms with van der Waals surface area (Å²) in [6.07, 6.45) is 5.55. The molecule has 0 heterocycles. The molecule has 0 saturated heterocycles. The predicted octanol–water partition coefficient (Wildman–Crippen LogP) is 5.80. The van der Waals surface area contributed by atoms with Gasteiger partial charge in [0.05, 0.1) is 20.9 Å². The summed E-state index contributed by atoms with van der Waals surface area (Å²) in [6, 6.07) is 10.8. The van der Waals surface area contributed by atoms with Crippen LogP contribution in [0.5, 0.6) is 0 Å². The largest absolute Gasteiger partial charge is 0.363 e. The fourth-order valence-corrected chi connectivity index (χ4v) is 5.71. The van der Waals surface area contributed by atoms with E-state index in [4.69, 9.17) is 4.74 Å². The SMILES string of the molecule is CC(C)[C@@H]1CC[C@@H](C)C[C@H]1OCN(Cc1ccccc1)C[Si](C)(C)C. The van der Waals surface area contributed by atoms with Crippen molar-refractivity contribution >= 4 is 8.07 Å². The fourth-order valence-electron chi connectivity index (χ4n) is 4.17. The third kappa shape index (κ3) is 7.24. The first kappa shape index (κ1) is 20.7. The third-order valence-corrected chi connectivity index (χ3v) is 6.78. The molecule has 3 atom stereocenters. The molecule has 0 unspecified atom stereocenters. The minimum absolute atomic E-state index is 0.434. The Bertz CT molecular complexity index is 496. The normalized spacial score (nSPS) is 24.9. The lowest BCUT2D eigenvalue weighted by molar-refractivity contribution is -0.0799. The fraction of sp³-hybridized carbons (Fsp3) is 0.727. The molecule has 0 bridgehead atoms. The second-order valence-electron chi connectivity index (χ2n) is 9.69. The highest BCUT2D eigenvalue weighted by atomic mass is 28.3. The van der Waals surface area contributed by atoms with E-state index in [1.807, 2.05) is 0 Å². The first-order valence-electron chi connectivity index (χ1n) is 10.1. The minimum atomic E-state index is -1.17. The van der Waals surface area contributed by atoms with Crippen molar-refractivity contribution < 1.29 is 4.74 Å². The Kier molecular flexibility index (Phi) is 7.72. The van der Waals surface area contributed by atoms with Gasteiger partial charge in [0.15, 0.2) is 0 Å². The lowest BCUT2D eigenvalue weighted by Crippen LogP contribution is -2.43. The van der Waals surface area contributed by atoms with Gasteiger partial charge in [-0.3, -0.25) is 4.90 Å². The number of rotatable bonds is 8. The third-order valence-electron chi connectivity index (χ3n) is 5.38. The smallest absolute Gasteiger partial charge is 0.0994 e. The van der Waals surface area contributed by atoms with Crippen molar-refractivity contribution in [1.82, 2.24) is 4.90 Å². The summed E-state index contributed by atoms with van der Waals surface area (Å²) < 4.78 is 6.56. The first-order valence-corrected chi connectivity index (χ1v) is 13.8. The van der Waals surface area contributed by atoms with Crippen molar-refractivity contribution in [1.29, 1.82) is 0 Å². The second kappa shape index (κ2) is 9.34. The van der Waals surface area contributed by atoms with Crippen molar-refractivity contribution in [2.75, 3.05) is 12.9 Å². The van der Waals surface area contributed by atoms with Gasteiger partial charge in [-0.2, -0.15) is 0 Å². The van der Waals surface area contributed by atoms with Gasteiger partial charge in [-0.1, -0.05) is 77.2 Å². The van der Waals surface area contributed by atoms with Crippen LogP contribution in [0.3, 0.4) is 0 Å². The van der Waals surface area contributed by atoms with Gasteiger partial charge in [-0.05, 0) is 42.3 Å².